The van der Waals surface area contributed by atoms with Crippen LogP contribution in [0.15, 0.2) is 28.1 Å². The summed E-state index contributed by atoms with van der Waals surface area (Å²) in [7, 11) is 0. The summed E-state index contributed by atoms with van der Waals surface area (Å²) in [6, 6.07) is 7.65. The molecule has 0 N–H and O–H groups in total. The maximum absolute atomic E-state index is 6.55. The van der Waals surface area contributed by atoms with Crippen molar-refractivity contribution in [3.63, 3.8) is 0 Å². The molecule has 0 spiro atoms. The smallest absolute Gasteiger partial charge is 0.161 e. The number of halogens is 3. The lowest BCUT2D eigenvalue weighted by Gasteiger charge is -2.14. The number of ether oxygens (including phenoxy) is 2. The monoisotopic (exact) mass is 408 g/mol. The molecule has 1 unspecified atom stereocenters. The summed E-state index contributed by atoms with van der Waals surface area (Å²) in [6.45, 7) is 5.06. The average Bonchev–Trinajstić information content (AvgIpc) is 2.80. The van der Waals surface area contributed by atoms with E-state index in [-0.39, 0.29) is 5.38 Å². The van der Waals surface area contributed by atoms with Gasteiger partial charge in [0.25, 0.3) is 0 Å². The molecule has 0 fully saturated rings. The predicted octanol–water partition coefficient (Wildman–Crippen LogP) is 6.29. The van der Waals surface area contributed by atoms with Crippen molar-refractivity contribution in [2.24, 2.45) is 0 Å². The average molecular weight is 410 g/mol. The maximum Gasteiger partial charge on any atom is 0.161 e. The third-order valence-corrected chi connectivity index (χ3v) is 5.93. The summed E-state index contributed by atoms with van der Waals surface area (Å²) in [5.74, 6) is 1.45. The lowest BCUT2D eigenvalue weighted by molar-refractivity contribution is 0.287. The standard InChI is InChI=1S/C15H15BrCl2O2S/c1-3-19-11-6-5-9(7-12(11)20-4-2)14(18)13-8-10(17)15(16)21-13/h5-8,14H,3-4H2,1-2H3. The maximum atomic E-state index is 6.55. The largest absolute Gasteiger partial charge is 0.490 e. The first-order valence-electron chi connectivity index (χ1n) is 6.55. The predicted molar refractivity (Wildman–Crippen MR) is 93.5 cm³/mol. The molecule has 21 heavy (non-hydrogen) atoms. The van der Waals surface area contributed by atoms with Gasteiger partial charge in [0.1, 0.15) is 0 Å². The Kier molecular flexibility index (Phi) is 6.23. The van der Waals surface area contributed by atoms with Crippen molar-refractivity contribution in [1.29, 1.82) is 0 Å². The summed E-state index contributed by atoms with van der Waals surface area (Å²) in [6.07, 6.45) is 0. The third kappa shape index (κ3) is 4.07. The Morgan fingerprint density at radius 3 is 2.38 bits per heavy atom. The molecule has 2 rings (SSSR count). The second-order valence-electron chi connectivity index (χ2n) is 4.21. The minimum atomic E-state index is -0.270. The van der Waals surface area contributed by atoms with Gasteiger partial charge in [0.15, 0.2) is 11.5 Å². The molecule has 2 nitrogen and oxygen atoms in total. The van der Waals surface area contributed by atoms with E-state index in [1.54, 1.807) is 0 Å². The number of benzene rings is 1. The fourth-order valence-electron chi connectivity index (χ4n) is 1.88. The molecule has 0 radical (unpaired) electrons. The molecule has 0 aliphatic carbocycles. The van der Waals surface area contributed by atoms with Crippen molar-refractivity contribution in [2.75, 3.05) is 13.2 Å². The quantitative estimate of drug-likeness (QED) is 0.522. The van der Waals surface area contributed by atoms with Gasteiger partial charge in [-0.15, -0.1) is 22.9 Å². The van der Waals surface area contributed by atoms with Crippen LogP contribution >= 0.6 is 50.5 Å². The van der Waals surface area contributed by atoms with E-state index in [1.807, 2.05) is 38.1 Å². The third-order valence-electron chi connectivity index (χ3n) is 2.77. The van der Waals surface area contributed by atoms with Gasteiger partial charge < -0.3 is 9.47 Å². The van der Waals surface area contributed by atoms with Gasteiger partial charge >= 0.3 is 0 Å². The zero-order chi connectivity index (χ0) is 15.4. The van der Waals surface area contributed by atoms with E-state index < -0.39 is 0 Å². The fourth-order valence-corrected chi connectivity index (χ4v) is 3.96. The minimum Gasteiger partial charge on any atom is -0.490 e. The first-order valence-corrected chi connectivity index (χ1v) is 8.97. The summed E-state index contributed by atoms with van der Waals surface area (Å²) in [5.41, 5.74) is 0.953. The van der Waals surface area contributed by atoms with Crippen LogP contribution in [0, 0.1) is 0 Å². The zero-order valence-electron chi connectivity index (χ0n) is 11.7. The van der Waals surface area contributed by atoms with Crippen molar-refractivity contribution in [1.82, 2.24) is 0 Å². The molecule has 0 amide bonds. The Bertz CT molecular complexity index is 596. The summed E-state index contributed by atoms with van der Waals surface area (Å²) in [5, 5.41) is 0.408. The Hall–Kier alpha value is -0.420. The first kappa shape index (κ1) is 16.9. The lowest BCUT2D eigenvalue weighted by Crippen LogP contribution is -2.00. The van der Waals surface area contributed by atoms with E-state index in [9.17, 15) is 0 Å². The number of hydrogen-bond acceptors (Lipinski definition) is 3. The molecule has 2 aromatic rings. The van der Waals surface area contributed by atoms with Gasteiger partial charge in [-0.05, 0) is 53.5 Å². The highest BCUT2D eigenvalue weighted by Crippen LogP contribution is 2.42. The van der Waals surface area contributed by atoms with Crippen molar-refractivity contribution in [2.45, 2.75) is 19.2 Å². The Balaban J connectivity index is 2.32. The summed E-state index contributed by atoms with van der Waals surface area (Å²) < 4.78 is 12.1. The molecule has 1 aromatic carbocycles. The molecule has 1 heterocycles. The molecule has 0 saturated heterocycles. The molecular formula is C15H15BrCl2O2S. The Labute approximate surface area is 147 Å². The van der Waals surface area contributed by atoms with Crippen LogP contribution in [-0.2, 0) is 0 Å². The highest BCUT2D eigenvalue weighted by molar-refractivity contribution is 9.11. The SMILES string of the molecule is CCOc1ccc(C(Cl)c2cc(Cl)c(Br)s2)cc1OCC. The second-order valence-corrected chi connectivity index (χ2v) is 7.45. The van der Waals surface area contributed by atoms with Crippen molar-refractivity contribution in [3.8, 4) is 11.5 Å². The van der Waals surface area contributed by atoms with Crippen LogP contribution in [0.5, 0.6) is 11.5 Å². The molecule has 114 valence electrons. The van der Waals surface area contributed by atoms with Crippen LogP contribution in [0.2, 0.25) is 5.02 Å². The molecule has 6 heteroatoms. The number of rotatable bonds is 6. The summed E-state index contributed by atoms with van der Waals surface area (Å²) in [4.78, 5) is 0.986. The van der Waals surface area contributed by atoms with Crippen LogP contribution in [-0.4, -0.2) is 13.2 Å². The van der Waals surface area contributed by atoms with E-state index in [2.05, 4.69) is 15.9 Å². The van der Waals surface area contributed by atoms with E-state index in [1.165, 1.54) is 11.3 Å². The molecule has 1 aromatic heterocycles. The molecule has 1 atom stereocenters. The summed E-state index contributed by atoms with van der Waals surface area (Å²) >= 11 is 17.6. The van der Waals surface area contributed by atoms with Crippen molar-refractivity contribution >= 4 is 50.5 Å². The van der Waals surface area contributed by atoms with Gasteiger partial charge in [-0.1, -0.05) is 17.7 Å². The number of thiophene rings is 1. The molecule has 0 aliphatic rings. The van der Waals surface area contributed by atoms with Gasteiger partial charge in [0.2, 0.25) is 0 Å². The van der Waals surface area contributed by atoms with E-state index in [0.29, 0.717) is 24.0 Å². The van der Waals surface area contributed by atoms with E-state index in [4.69, 9.17) is 32.7 Å². The van der Waals surface area contributed by atoms with Gasteiger partial charge in [-0.3, -0.25) is 0 Å². The zero-order valence-corrected chi connectivity index (χ0v) is 15.6. The van der Waals surface area contributed by atoms with Gasteiger partial charge in [-0.25, -0.2) is 0 Å². The number of hydrogen-bond donors (Lipinski definition) is 0. The van der Waals surface area contributed by atoms with Crippen LogP contribution in [0.3, 0.4) is 0 Å². The highest BCUT2D eigenvalue weighted by Gasteiger charge is 2.17. The minimum absolute atomic E-state index is 0.270. The van der Waals surface area contributed by atoms with Crippen molar-refractivity contribution < 1.29 is 9.47 Å². The van der Waals surface area contributed by atoms with Gasteiger partial charge in [0, 0.05) is 4.88 Å². The van der Waals surface area contributed by atoms with E-state index >= 15 is 0 Å². The Morgan fingerprint density at radius 1 is 1.14 bits per heavy atom. The topological polar surface area (TPSA) is 18.5 Å². The lowest BCUT2D eigenvalue weighted by atomic mass is 10.1. The van der Waals surface area contributed by atoms with Crippen LogP contribution in [0.25, 0.3) is 0 Å². The van der Waals surface area contributed by atoms with Crippen LogP contribution < -0.4 is 9.47 Å². The fraction of sp³-hybridized carbons (Fsp3) is 0.333. The van der Waals surface area contributed by atoms with E-state index in [0.717, 1.165) is 20.0 Å². The second kappa shape index (κ2) is 7.73. The van der Waals surface area contributed by atoms with Gasteiger partial charge in [0.05, 0.1) is 27.4 Å². The molecule has 0 bridgehead atoms. The molecule has 0 saturated carbocycles. The molecular weight excluding hydrogens is 395 g/mol. The van der Waals surface area contributed by atoms with Crippen LogP contribution in [0.4, 0.5) is 0 Å². The normalized spacial score (nSPS) is 12.2. The highest BCUT2D eigenvalue weighted by atomic mass is 79.9. The van der Waals surface area contributed by atoms with Crippen molar-refractivity contribution in [3.05, 3.63) is 43.5 Å². The van der Waals surface area contributed by atoms with Gasteiger partial charge in [-0.2, -0.15) is 0 Å². The first-order chi connectivity index (χ1) is 10.1. The van der Waals surface area contributed by atoms with Crippen LogP contribution in [0.1, 0.15) is 29.7 Å². The Morgan fingerprint density at radius 2 is 1.81 bits per heavy atom. The number of alkyl halides is 1. The molecule has 0 aliphatic heterocycles.